The van der Waals surface area contributed by atoms with Crippen molar-refractivity contribution in [2.45, 2.75) is 33.1 Å². The van der Waals surface area contributed by atoms with Gasteiger partial charge in [0.05, 0.1) is 0 Å². The lowest BCUT2D eigenvalue weighted by Gasteiger charge is -2.37. The first-order valence-electron chi connectivity index (χ1n) is 9.02. The number of imide groups is 1. The molecule has 2 aliphatic rings. The lowest BCUT2D eigenvalue weighted by Crippen LogP contribution is -2.54. The smallest absolute Gasteiger partial charge is 0.229 e. The van der Waals surface area contributed by atoms with Crippen LogP contribution < -0.4 is 5.32 Å². The van der Waals surface area contributed by atoms with Crippen LogP contribution in [0.15, 0.2) is 4.99 Å². The molecule has 136 valence electrons. The SMILES string of the molecule is CN=C(NCCN1C(=O)CCCC1=O)N1CCN(CC(C)C)CC1. The van der Waals surface area contributed by atoms with Crippen LogP contribution in [0, 0.1) is 5.92 Å². The second-order valence-electron chi connectivity index (χ2n) is 6.95. The monoisotopic (exact) mass is 337 g/mol. The summed E-state index contributed by atoms with van der Waals surface area (Å²) in [6, 6.07) is 0. The van der Waals surface area contributed by atoms with E-state index in [-0.39, 0.29) is 11.8 Å². The Kier molecular flexibility index (Phi) is 7.02. The zero-order valence-electron chi connectivity index (χ0n) is 15.3. The van der Waals surface area contributed by atoms with Crippen LogP contribution in [0.2, 0.25) is 0 Å². The summed E-state index contributed by atoms with van der Waals surface area (Å²) in [6.45, 7) is 10.6. The second kappa shape index (κ2) is 9.01. The Hall–Kier alpha value is -1.63. The van der Waals surface area contributed by atoms with E-state index in [0.29, 0.717) is 38.3 Å². The summed E-state index contributed by atoms with van der Waals surface area (Å²) in [5.74, 6) is 1.44. The van der Waals surface area contributed by atoms with Gasteiger partial charge < -0.3 is 10.2 Å². The number of nitrogens with zero attached hydrogens (tertiary/aromatic N) is 4. The molecule has 0 spiro atoms. The van der Waals surface area contributed by atoms with E-state index in [9.17, 15) is 9.59 Å². The fourth-order valence-corrected chi connectivity index (χ4v) is 3.32. The van der Waals surface area contributed by atoms with Gasteiger partial charge in [0, 0.05) is 65.7 Å². The summed E-state index contributed by atoms with van der Waals surface area (Å²) in [6.07, 6.45) is 1.65. The van der Waals surface area contributed by atoms with Gasteiger partial charge in [0.2, 0.25) is 11.8 Å². The Balaban J connectivity index is 1.75. The highest BCUT2D eigenvalue weighted by Gasteiger charge is 2.25. The molecule has 2 rings (SSSR count). The Morgan fingerprint density at radius 2 is 1.75 bits per heavy atom. The van der Waals surface area contributed by atoms with Crippen molar-refractivity contribution in [2.75, 3.05) is 52.9 Å². The largest absolute Gasteiger partial charge is 0.354 e. The number of aliphatic imine (C=N–C) groups is 1. The van der Waals surface area contributed by atoms with E-state index in [0.717, 1.165) is 38.7 Å². The van der Waals surface area contributed by atoms with Gasteiger partial charge in [-0.2, -0.15) is 0 Å². The fourth-order valence-electron chi connectivity index (χ4n) is 3.32. The molecule has 0 aromatic rings. The number of piperazine rings is 1. The van der Waals surface area contributed by atoms with Crippen molar-refractivity contribution in [3.63, 3.8) is 0 Å². The molecule has 7 nitrogen and oxygen atoms in total. The zero-order valence-corrected chi connectivity index (χ0v) is 15.3. The molecule has 24 heavy (non-hydrogen) atoms. The van der Waals surface area contributed by atoms with Crippen molar-refractivity contribution in [1.82, 2.24) is 20.0 Å². The number of hydrogen-bond donors (Lipinski definition) is 1. The Bertz CT molecular complexity index is 454. The van der Waals surface area contributed by atoms with Gasteiger partial charge in [-0.15, -0.1) is 0 Å². The summed E-state index contributed by atoms with van der Waals surface area (Å²) < 4.78 is 0. The number of carbonyl (C=O) groups is 2. The van der Waals surface area contributed by atoms with Crippen LogP contribution in [0.1, 0.15) is 33.1 Å². The van der Waals surface area contributed by atoms with Crippen molar-refractivity contribution in [3.05, 3.63) is 0 Å². The molecule has 2 amide bonds. The van der Waals surface area contributed by atoms with Crippen LogP contribution in [0.5, 0.6) is 0 Å². The van der Waals surface area contributed by atoms with Crippen molar-refractivity contribution < 1.29 is 9.59 Å². The first-order valence-corrected chi connectivity index (χ1v) is 9.02. The number of guanidine groups is 1. The standard InChI is InChI=1S/C17H31N5O2/c1-14(2)13-20-9-11-21(12-10-20)17(18-3)19-7-8-22-15(23)5-4-6-16(22)24/h14H,4-13H2,1-3H3,(H,18,19). The minimum atomic E-state index is -0.0506. The lowest BCUT2D eigenvalue weighted by molar-refractivity contribution is -0.147. The molecule has 2 saturated heterocycles. The van der Waals surface area contributed by atoms with Gasteiger partial charge in [-0.25, -0.2) is 0 Å². The minimum Gasteiger partial charge on any atom is -0.354 e. The topological polar surface area (TPSA) is 68.2 Å². The molecular weight excluding hydrogens is 306 g/mol. The molecule has 7 heteroatoms. The first kappa shape index (κ1) is 18.7. The maximum Gasteiger partial charge on any atom is 0.229 e. The number of hydrogen-bond acceptors (Lipinski definition) is 4. The van der Waals surface area contributed by atoms with E-state index in [4.69, 9.17) is 0 Å². The van der Waals surface area contributed by atoms with Crippen LogP contribution >= 0.6 is 0 Å². The van der Waals surface area contributed by atoms with Gasteiger partial charge in [0.15, 0.2) is 5.96 Å². The predicted molar refractivity (Wildman–Crippen MR) is 94.8 cm³/mol. The summed E-state index contributed by atoms with van der Waals surface area (Å²) in [7, 11) is 1.78. The maximum atomic E-state index is 11.8. The zero-order chi connectivity index (χ0) is 17.5. The van der Waals surface area contributed by atoms with Crippen molar-refractivity contribution in [1.29, 1.82) is 0 Å². The summed E-state index contributed by atoms with van der Waals surface area (Å²) in [5.41, 5.74) is 0. The number of amides is 2. The second-order valence-corrected chi connectivity index (χ2v) is 6.95. The highest BCUT2D eigenvalue weighted by molar-refractivity contribution is 5.97. The number of piperidine rings is 1. The molecule has 0 unspecified atom stereocenters. The molecule has 2 fully saturated rings. The fraction of sp³-hybridized carbons (Fsp3) is 0.824. The minimum absolute atomic E-state index is 0.0506. The van der Waals surface area contributed by atoms with Gasteiger partial charge in [0.25, 0.3) is 0 Å². The molecule has 2 aliphatic heterocycles. The van der Waals surface area contributed by atoms with Crippen LogP contribution in [0.25, 0.3) is 0 Å². The Morgan fingerprint density at radius 1 is 1.12 bits per heavy atom. The first-order chi connectivity index (χ1) is 11.5. The summed E-state index contributed by atoms with van der Waals surface area (Å²) in [5, 5.41) is 3.29. The quantitative estimate of drug-likeness (QED) is 0.446. The third-order valence-corrected chi connectivity index (χ3v) is 4.51. The third kappa shape index (κ3) is 5.19. The van der Waals surface area contributed by atoms with Crippen molar-refractivity contribution in [3.8, 4) is 0 Å². The van der Waals surface area contributed by atoms with Crippen LogP contribution in [-0.2, 0) is 9.59 Å². The van der Waals surface area contributed by atoms with Crippen molar-refractivity contribution >= 4 is 17.8 Å². The van der Waals surface area contributed by atoms with E-state index in [1.165, 1.54) is 4.90 Å². The molecule has 2 heterocycles. The average molecular weight is 337 g/mol. The maximum absolute atomic E-state index is 11.8. The van der Waals surface area contributed by atoms with Gasteiger partial charge >= 0.3 is 0 Å². The van der Waals surface area contributed by atoms with Crippen LogP contribution in [0.4, 0.5) is 0 Å². The number of rotatable bonds is 5. The lowest BCUT2D eigenvalue weighted by atomic mass is 10.1. The highest BCUT2D eigenvalue weighted by Crippen LogP contribution is 2.11. The van der Waals surface area contributed by atoms with Gasteiger partial charge in [0.1, 0.15) is 0 Å². The van der Waals surface area contributed by atoms with E-state index in [1.54, 1.807) is 7.05 Å². The number of nitrogens with one attached hydrogen (secondary N) is 1. The Morgan fingerprint density at radius 3 is 2.29 bits per heavy atom. The molecule has 0 bridgehead atoms. The highest BCUT2D eigenvalue weighted by atomic mass is 16.2. The molecule has 0 radical (unpaired) electrons. The molecule has 0 aromatic heterocycles. The molecular formula is C17H31N5O2. The normalized spacial score (nSPS) is 20.9. The number of carbonyl (C=O) groups excluding carboxylic acids is 2. The summed E-state index contributed by atoms with van der Waals surface area (Å²) in [4.78, 5) is 34.1. The van der Waals surface area contributed by atoms with E-state index in [1.807, 2.05) is 0 Å². The molecule has 0 saturated carbocycles. The molecule has 1 N–H and O–H groups in total. The van der Waals surface area contributed by atoms with E-state index < -0.39 is 0 Å². The Labute approximate surface area is 145 Å². The molecule has 0 atom stereocenters. The van der Waals surface area contributed by atoms with Crippen LogP contribution in [-0.4, -0.2) is 85.3 Å². The summed E-state index contributed by atoms with van der Waals surface area (Å²) >= 11 is 0. The predicted octanol–water partition coefficient (Wildman–Crippen LogP) is 0.375. The average Bonchev–Trinajstić information content (AvgIpc) is 2.54. The van der Waals surface area contributed by atoms with E-state index >= 15 is 0 Å². The van der Waals surface area contributed by atoms with Crippen LogP contribution in [0.3, 0.4) is 0 Å². The van der Waals surface area contributed by atoms with Gasteiger partial charge in [-0.3, -0.25) is 24.4 Å². The third-order valence-electron chi connectivity index (χ3n) is 4.51. The van der Waals surface area contributed by atoms with Gasteiger partial charge in [-0.05, 0) is 12.3 Å². The van der Waals surface area contributed by atoms with Crippen molar-refractivity contribution in [2.24, 2.45) is 10.9 Å². The molecule has 0 aromatic carbocycles. The van der Waals surface area contributed by atoms with Gasteiger partial charge in [-0.1, -0.05) is 13.8 Å². The van der Waals surface area contributed by atoms with E-state index in [2.05, 4.69) is 34.0 Å². The number of likely N-dealkylation sites (tertiary alicyclic amines) is 1. The molecule has 0 aliphatic carbocycles.